The van der Waals surface area contributed by atoms with E-state index in [1.165, 1.54) is 18.2 Å². The van der Waals surface area contributed by atoms with Gasteiger partial charge in [0.1, 0.15) is 11.5 Å². The molecule has 0 unspecified atom stereocenters. The predicted molar refractivity (Wildman–Crippen MR) is 79.8 cm³/mol. The van der Waals surface area contributed by atoms with Gasteiger partial charge in [-0.25, -0.2) is 14.4 Å². The second-order valence-electron chi connectivity index (χ2n) is 4.35. The number of nitrogens with zero attached hydrogens (tertiary/aromatic N) is 2. The van der Waals surface area contributed by atoms with Gasteiger partial charge in [-0.3, -0.25) is 4.79 Å². The zero-order valence-electron chi connectivity index (χ0n) is 11.6. The molecule has 21 heavy (non-hydrogen) atoms. The molecule has 0 radical (unpaired) electrons. The summed E-state index contributed by atoms with van der Waals surface area (Å²) in [7, 11) is 0. The van der Waals surface area contributed by atoms with Crippen LogP contribution >= 0.6 is 0 Å². The molecule has 0 spiro atoms. The second-order valence-corrected chi connectivity index (χ2v) is 4.35. The van der Waals surface area contributed by atoms with Gasteiger partial charge in [-0.15, -0.1) is 6.58 Å². The van der Waals surface area contributed by atoms with E-state index in [0.29, 0.717) is 23.9 Å². The van der Waals surface area contributed by atoms with E-state index in [2.05, 4.69) is 27.2 Å². The van der Waals surface area contributed by atoms with E-state index >= 15 is 0 Å². The lowest BCUT2D eigenvalue weighted by atomic mass is 10.3. The molecule has 0 aliphatic heterocycles. The summed E-state index contributed by atoms with van der Waals surface area (Å²) < 4.78 is 13.1. The standard InChI is InChI=1S/C15H15FN4O/c1-3-7-17-15-18-10(2)8-13(20-15)14(21)19-12-6-4-5-11(16)9-12/h3-6,8-9H,1,7H2,2H3,(H,19,21)(H,17,18,20). The summed E-state index contributed by atoms with van der Waals surface area (Å²) in [6.07, 6.45) is 1.66. The normalized spacial score (nSPS) is 10.0. The van der Waals surface area contributed by atoms with Gasteiger partial charge in [0, 0.05) is 17.9 Å². The van der Waals surface area contributed by atoms with Gasteiger partial charge in [-0.1, -0.05) is 12.1 Å². The Morgan fingerprint density at radius 2 is 2.19 bits per heavy atom. The number of carbonyl (C=O) groups excluding carboxylic acids is 1. The largest absolute Gasteiger partial charge is 0.351 e. The molecule has 0 aliphatic rings. The van der Waals surface area contributed by atoms with Crippen molar-refractivity contribution in [2.75, 3.05) is 17.2 Å². The summed E-state index contributed by atoms with van der Waals surface area (Å²) in [4.78, 5) is 20.4. The molecule has 1 aromatic carbocycles. The molecule has 0 saturated carbocycles. The van der Waals surface area contributed by atoms with Gasteiger partial charge in [0.25, 0.3) is 5.91 Å². The van der Waals surface area contributed by atoms with Gasteiger partial charge in [0.15, 0.2) is 0 Å². The Morgan fingerprint density at radius 3 is 2.90 bits per heavy atom. The van der Waals surface area contributed by atoms with Gasteiger partial charge < -0.3 is 10.6 Å². The molecule has 2 aromatic rings. The van der Waals surface area contributed by atoms with Crippen molar-refractivity contribution in [1.29, 1.82) is 0 Å². The van der Waals surface area contributed by atoms with Gasteiger partial charge in [0.2, 0.25) is 5.95 Å². The first kappa shape index (κ1) is 14.6. The number of aromatic nitrogens is 2. The number of hydrogen-bond acceptors (Lipinski definition) is 4. The van der Waals surface area contributed by atoms with Gasteiger partial charge >= 0.3 is 0 Å². The van der Waals surface area contributed by atoms with E-state index in [1.54, 1.807) is 25.1 Å². The van der Waals surface area contributed by atoms with E-state index in [4.69, 9.17) is 0 Å². The average molecular weight is 286 g/mol. The fourth-order valence-corrected chi connectivity index (χ4v) is 1.69. The lowest BCUT2D eigenvalue weighted by molar-refractivity contribution is 0.102. The monoisotopic (exact) mass is 286 g/mol. The van der Waals surface area contributed by atoms with Crippen LogP contribution in [0.4, 0.5) is 16.0 Å². The maximum atomic E-state index is 13.1. The molecule has 0 atom stereocenters. The number of hydrogen-bond donors (Lipinski definition) is 2. The highest BCUT2D eigenvalue weighted by Crippen LogP contribution is 2.12. The topological polar surface area (TPSA) is 66.9 Å². The van der Waals surface area contributed by atoms with Crippen molar-refractivity contribution in [3.63, 3.8) is 0 Å². The maximum absolute atomic E-state index is 13.1. The Hall–Kier alpha value is -2.76. The summed E-state index contributed by atoms with van der Waals surface area (Å²) in [5.74, 6) is -0.493. The summed E-state index contributed by atoms with van der Waals surface area (Å²) in [5, 5.41) is 5.52. The molecule has 2 N–H and O–H groups in total. The van der Waals surface area contributed by atoms with Gasteiger partial charge in [-0.2, -0.15) is 0 Å². The van der Waals surface area contributed by atoms with E-state index in [-0.39, 0.29) is 5.69 Å². The lowest BCUT2D eigenvalue weighted by Crippen LogP contribution is -2.16. The molecule has 1 heterocycles. The highest BCUT2D eigenvalue weighted by Gasteiger charge is 2.11. The van der Waals surface area contributed by atoms with Crippen LogP contribution in [-0.2, 0) is 0 Å². The Balaban J connectivity index is 2.18. The Labute approximate surface area is 121 Å². The van der Waals surface area contributed by atoms with Crippen molar-refractivity contribution >= 4 is 17.5 Å². The van der Waals surface area contributed by atoms with E-state index in [9.17, 15) is 9.18 Å². The molecule has 0 fully saturated rings. The van der Waals surface area contributed by atoms with E-state index < -0.39 is 11.7 Å². The summed E-state index contributed by atoms with van der Waals surface area (Å²) in [6.45, 7) is 5.85. The summed E-state index contributed by atoms with van der Waals surface area (Å²) in [6, 6.07) is 7.23. The summed E-state index contributed by atoms with van der Waals surface area (Å²) >= 11 is 0. The number of carbonyl (C=O) groups is 1. The molecule has 0 aliphatic carbocycles. The van der Waals surface area contributed by atoms with Crippen LogP contribution in [0, 0.1) is 12.7 Å². The van der Waals surface area contributed by atoms with Gasteiger partial charge in [0.05, 0.1) is 0 Å². The Kier molecular flexibility index (Phi) is 4.61. The molecule has 0 bridgehead atoms. The molecular formula is C15H15FN4O. The fourth-order valence-electron chi connectivity index (χ4n) is 1.69. The molecule has 5 nitrogen and oxygen atoms in total. The van der Waals surface area contributed by atoms with Gasteiger partial charge in [-0.05, 0) is 31.2 Å². The van der Waals surface area contributed by atoms with Crippen molar-refractivity contribution in [3.8, 4) is 0 Å². The van der Waals surface area contributed by atoms with Crippen molar-refractivity contribution < 1.29 is 9.18 Å². The first-order valence-electron chi connectivity index (χ1n) is 6.36. The van der Waals surface area contributed by atoms with Crippen LogP contribution < -0.4 is 10.6 Å². The van der Waals surface area contributed by atoms with Crippen LogP contribution in [0.1, 0.15) is 16.2 Å². The Morgan fingerprint density at radius 1 is 1.38 bits per heavy atom. The number of nitrogens with one attached hydrogen (secondary N) is 2. The quantitative estimate of drug-likeness (QED) is 0.829. The zero-order chi connectivity index (χ0) is 15.2. The molecule has 2 rings (SSSR count). The molecular weight excluding hydrogens is 271 g/mol. The predicted octanol–water partition coefficient (Wildman–Crippen LogP) is 2.77. The fraction of sp³-hybridized carbons (Fsp3) is 0.133. The minimum atomic E-state index is -0.423. The van der Waals surface area contributed by atoms with Crippen LogP contribution in [0.3, 0.4) is 0 Å². The minimum Gasteiger partial charge on any atom is -0.351 e. The smallest absolute Gasteiger partial charge is 0.274 e. The van der Waals surface area contributed by atoms with Crippen molar-refractivity contribution in [1.82, 2.24) is 9.97 Å². The molecule has 1 amide bonds. The van der Waals surface area contributed by atoms with Crippen molar-refractivity contribution in [2.45, 2.75) is 6.92 Å². The van der Waals surface area contributed by atoms with E-state index in [0.717, 1.165) is 0 Å². The average Bonchev–Trinajstić information content (AvgIpc) is 2.44. The number of amides is 1. The molecule has 0 saturated heterocycles. The zero-order valence-corrected chi connectivity index (χ0v) is 11.6. The van der Waals surface area contributed by atoms with E-state index in [1.807, 2.05) is 0 Å². The van der Waals surface area contributed by atoms with Crippen LogP contribution in [-0.4, -0.2) is 22.4 Å². The first-order valence-corrected chi connectivity index (χ1v) is 6.36. The lowest BCUT2D eigenvalue weighted by Gasteiger charge is -2.08. The van der Waals surface area contributed by atoms with Crippen LogP contribution in [0.15, 0.2) is 43.0 Å². The van der Waals surface area contributed by atoms with Crippen LogP contribution in [0.2, 0.25) is 0 Å². The maximum Gasteiger partial charge on any atom is 0.274 e. The molecule has 6 heteroatoms. The number of anilines is 2. The Bertz CT molecular complexity index is 672. The minimum absolute atomic E-state index is 0.207. The SMILES string of the molecule is C=CCNc1nc(C)cc(C(=O)Nc2cccc(F)c2)n1. The number of halogens is 1. The highest BCUT2D eigenvalue weighted by molar-refractivity contribution is 6.03. The van der Waals surface area contributed by atoms with Crippen LogP contribution in [0.5, 0.6) is 0 Å². The van der Waals surface area contributed by atoms with Crippen LogP contribution in [0.25, 0.3) is 0 Å². The first-order chi connectivity index (χ1) is 10.1. The second kappa shape index (κ2) is 6.60. The summed E-state index contributed by atoms with van der Waals surface area (Å²) in [5.41, 5.74) is 1.23. The number of aryl methyl sites for hydroxylation is 1. The van der Waals surface area contributed by atoms with Crippen molar-refractivity contribution in [2.24, 2.45) is 0 Å². The number of rotatable bonds is 5. The third-order valence-electron chi connectivity index (χ3n) is 2.57. The molecule has 108 valence electrons. The number of benzene rings is 1. The highest BCUT2D eigenvalue weighted by atomic mass is 19.1. The third kappa shape index (κ3) is 4.10. The van der Waals surface area contributed by atoms with Crippen molar-refractivity contribution in [3.05, 3.63) is 60.2 Å². The molecule has 1 aromatic heterocycles. The third-order valence-corrected chi connectivity index (χ3v) is 2.57.